The first kappa shape index (κ1) is 22.2. The summed E-state index contributed by atoms with van der Waals surface area (Å²) in [6.07, 6.45) is 4.16. The number of morpholine rings is 1. The number of fused-ring (bicyclic) bond motifs is 1. The molecule has 2 aromatic heterocycles. The quantitative estimate of drug-likeness (QED) is 0.391. The molecule has 6 nitrogen and oxygen atoms in total. The molecule has 3 heterocycles. The predicted molar refractivity (Wildman–Crippen MR) is 136 cm³/mol. The molecule has 5 rings (SSSR count). The molecular weight excluding hydrogens is 426 g/mol. The molecule has 0 N–H and O–H groups in total. The first-order valence-electron chi connectivity index (χ1n) is 11.5. The van der Waals surface area contributed by atoms with E-state index in [0.29, 0.717) is 5.88 Å². The van der Waals surface area contributed by atoms with Gasteiger partial charge in [0, 0.05) is 59.3 Å². The number of aromatic nitrogens is 2. The Balaban J connectivity index is 1.52. The fraction of sp³-hybridized carbons (Fsp3) is 0.286. The summed E-state index contributed by atoms with van der Waals surface area (Å²) < 4.78 is 17.0. The van der Waals surface area contributed by atoms with Crippen LogP contribution in [0, 0.1) is 0 Å². The van der Waals surface area contributed by atoms with Gasteiger partial charge in [0.1, 0.15) is 5.75 Å². The minimum absolute atomic E-state index is 0.225. The Morgan fingerprint density at radius 2 is 1.53 bits per heavy atom. The van der Waals surface area contributed by atoms with E-state index in [4.69, 9.17) is 19.2 Å². The van der Waals surface area contributed by atoms with Crippen LogP contribution < -0.4 is 14.4 Å². The number of nitrogens with zero attached hydrogens (tertiary/aromatic N) is 3. The Morgan fingerprint density at radius 3 is 2.18 bits per heavy atom. The molecular formula is C28H29N3O3. The minimum Gasteiger partial charge on any atom is -0.495 e. The highest BCUT2D eigenvalue weighted by Gasteiger charge is 2.22. The van der Waals surface area contributed by atoms with E-state index in [1.54, 1.807) is 14.2 Å². The van der Waals surface area contributed by atoms with Crippen molar-refractivity contribution in [3.8, 4) is 33.9 Å². The van der Waals surface area contributed by atoms with E-state index in [0.717, 1.165) is 52.0 Å². The van der Waals surface area contributed by atoms with E-state index in [2.05, 4.69) is 60.1 Å². The Kier molecular flexibility index (Phi) is 6.07. The molecule has 0 saturated carbocycles. The third-order valence-corrected chi connectivity index (χ3v) is 6.27. The van der Waals surface area contributed by atoms with Gasteiger partial charge in [-0.05, 0) is 43.7 Å². The van der Waals surface area contributed by atoms with Crippen LogP contribution >= 0.6 is 0 Å². The topological polar surface area (TPSA) is 56.7 Å². The molecule has 1 saturated heterocycles. The maximum Gasteiger partial charge on any atom is 0.212 e. The van der Waals surface area contributed by atoms with Crippen LogP contribution in [0.4, 0.5) is 5.69 Å². The molecule has 0 radical (unpaired) electrons. The minimum atomic E-state index is 0.225. The van der Waals surface area contributed by atoms with Crippen LogP contribution in [-0.2, 0) is 4.74 Å². The molecule has 174 valence electrons. The van der Waals surface area contributed by atoms with Crippen LogP contribution in [0.2, 0.25) is 0 Å². The van der Waals surface area contributed by atoms with E-state index in [-0.39, 0.29) is 12.2 Å². The van der Waals surface area contributed by atoms with Crippen molar-refractivity contribution < 1.29 is 14.2 Å². The highest BCUT2D eigenvalue weighted by atomic mass is 16.5. The van der Waals surface area contributed by atoms with Gasteiger partial charge in [-0.15, -0.1) is 0 Å². The van der Waals surface area contributed by atoms with E-state index < -0.39 is 0 Å². The Hall–Kier alpha value is -3.64. The second kappa shape index (κ2) is 9.31. The number of para-hydroxylation sites is 1. The van der Waals surface area contributed by atoms with Crippen molar-refractivity contribution >= 4 is 16.6 Å². The predicted octanol–water partition coefficient (Wildman–Crippen LogP) is 5.59. The Labute approximate surface area is 200 Å². The number of benzene rings is 2. The molecule has 0 spiro atoms. The monoisotopic (exact) mass is 455 g/mol. The molecule has 6 heteroatoms. The van der Waals surface area contributed by atoms with Crippen molar-refractivity contribution in [2.24, 2.45) is 0 Å². The Morgan fingerprint density at radius 1 is 0.794 bits per heavy atom. The molecule has 0 amide bonds. The fourth-order valence-electron chi connectivity index (χ4n) is 4.76. The van der Waals surface area contributed by atoms with Crippen LogP contribution in [0.5, 0.6) is 11.6 Å². The van der Waals surface area contributed by atoms with Crippen LogP contribution in [0.25, 0.3) is 33.2 Å². The zero-order chi connectivity index (χ0) is 23.7. The van der Waals surface area contributed by atoms with Gasteiger partial charge in [0.15, 0.2) is 0 Å². The average Bonchev–Trinajstić information content (AvgIpc) is 2.87. The van der Waals surface area contributed by atoms with Crippen molar-refractivity contribution in [3.05, 3.63) is 67.0 Å². The number of methoxy groups -OCH3 is 2. The first-order chi connectivity index (χ1) is 16.6. The first-order valence-corrected chi connectivity index (χ1v) is 11.5. The van der Waals surface area contributed by atoms with E-state index in [1.807, 2.05) is 30.6 Å². The van der Waals surface area contributed by atoms with Gasteiger partial charge in [-0.1, -0.05) is 24.3 Å². The summed E-state index contributed by atoms with van der Waals surface area (Å²) in [7, 11) is 3.33. The summed E-state index contributed by atoms with van der Waals surface area (Å²) >= 11 is 0. The lowest BCUT2D eigenvalue weighted by Crippen LogP contribution is -2.45. The van der Waals surface area contributed by atoms with Crippen LogP contribution in [0.3, 0.4) is 0 Å². The second-order valence-electron chi connectivity index (χ2n) is 8.71. The molecule has 34 heavy (non-hydrogen) atoms. The van der Waals surface area contributed by atoms with Gasteiger partial charge in [-0.2, -0.15) is 0 Å². The van der Waals surface area contributed by atoms with Gasteiger partial charge < -0.3 is 19.1 Å². The SMILES string of the molecule is COc1ccc(-c2cccc3c(OC)c(-c4ccc(N5CC(C)OC(C)C5)cc4)cnc23)cn1. The smallest absolute Gasteiger partial charge is 0.212 e. The van der Waals surface area contributed by atoms with Gasteiger partial charge in [0.25, 0.3) is 0 Å². The normalized spacial score (nSPS) is 18.2. The summed E-state index contributed by atoms with van der Waals surface area (Å²) in [5.41, 5.74) is 6.10. The second-order valence-corrected chi connectivity index (χ2v) is 8.71. The lowest BCUT2D eigenvalue weighted by atomic mass is 9.99. The maximum absolute atomic E-state index is 5.91. The third-order valence-electron chi connectivity index (χ3n) is 6.27. The van der Waals surface area contributed by atoms with Gasteiger partial charge in [-0.3, -0.25) is 4.98 Å². The van der Waals surface area contributed by atoms with Gasteiger partial charge in [-0.25, -0.2) is 4.98 Å². The van der Waals surface area contributed by atoms with Gasteiger partial charge in [0.2, 0.25) is 5.88 Å². The molecule has 1 fully saturated rings. The number of rotatable bonds is 5. The zero-order valence-corrected chi connectivity index (χ0v) is 20.0. The van der Waals surface area contributed by atoms with E-state index >= 15 is 0 Å². The Bertz CT molecular complexity index is 1280. The molecule has 0 bridgehead atoms. The van der Waals surface area contributed by atoms with Crippen molar-refractivity contribution in [2.45, 2.75) is 26.1 Å². The summed E-state index contributed by atoms with van der Waals surface area (Å²) in [6.45, 7) is 6.04. The lowest BCUT2D eigenvalue weighted by Gasteiger charge is -2.36. The largest absolute Gasteiger partial charge is 0.495 e. The van der Waals surface area contributed by atoms with Crippen molar-refractivity contribution in [1.82, 2.24) is 9.97 Å². The third kappa shape index (κ3) is 4.17. The standard InChI is InChI=1S/C28H29N3O3/c1-18-16-31(17-19(2)34-18)22-11-8-20(9-12-22)25-15-30-27-23(6-5-7-24(27)28(25)33-4)21-10-13-26(32-3)29-14-21/h5-15,18-19H,16-17H2,1-4H3. The summed E-state index contributed by atoms with van der Waals surface area (Å²) in [5.74, 6) is 1.40. The number of ether oxygens (including phenoxy) is 3. The van der Waals surface area contributed by atoms with Crippen molar-refractivity contribution in [1.29, 1.82) is 0 Å². The fourth-order valence-corrected chi connectivity index (χ4v) is 4.76. The molecule has 2 aromatic carbocycles. The highest BCUT2D eigenvalue weighted by molar-refractivity contribution is 6.00. The molecule has 2 atom stereocenters. The zero-order valence-electron chi connectivity index (χ0n) is 20.0. The van der Waals surface area contributed by atoms with Gasteiger partial charge >= 0.3 is 0 Å². The maximum atomic E-state index is 5.91. The van der Waals surface area contributed by atoms with Crippen molar-refractivity contribution in [2.75, 3.05) is 32.2 Å². The number of hydrogen-bond acceptors (Lipinski definition) is 6. The van der Waals surface area contributed by atoms with E-state index in [1.165, 1.54) is 5.69 Å². The number of pyridine rings is 2. The number of anilines is 1. The summed E-state index contributed by atoms with van der Waals surface area (Å²) in [6, 6.07) is 18.6. The van der Waals surface area contributed by atoms with Crippen LogP contribution in [-0.4, -0.2) is 49.5 Å². The highest BCUT2D eigenvalue weighted by Crippen LogP contribution is 2.39. The molecule has 4 aromatic rings. The van der Waals surface area contributed by atoms with Crippen molar-refractivity contribution in [3.63, 3.8) is 0 Å². The lowest BCUT2D eigenvalue weighted by molar-refractivity contribution is -0.00521. The summed E-state index contributed by atoms with van der Waals surface area (Å²) in [5, 5.41) is 0.966. The summed E-state index contributed by atoms with van der Waals surface area (Å²) in [4.78, 5) is 11.6. The average molecular weight is 456 g/mol. The molecule has 0 aliphatic carbocycles. The molecule has 1 aliphatic heterocycles. The molecule has 2 unspecified atom stereocenters. The van der Waals surface area contributed by atoms with Crippen LogP contribution in [0.1, 0.15) is 13.8 Å². The van der Waals surface area contributed by atoms with E-state index in [9.17, 15) is 0 Å². The molecule has 1 aliphatic rings. The number of hydrogen-bond donors (Lipinski definition) is 0. The van der Waals surface area contributed by atoms with Crippen LogP contribution in [0.15, 0.2) is 67.0 Å². The van der Waals surface area contributed by atoms with Gasteiger partial charge in [0.05, 0.1) is 31.9 Å².